The Morgan fingerprint density at radius 1 is 1.20 bits per heavy atom. The number of rotatable bonds is 7. The second-order valence-electron chi connectivity index (χ2n) is 6.85. The Labute approximate surface area is 184 Å². The van der Waals surface area contributed by atoms with E-state index in [9.17, 15) is 9.59 Å². The van der Waals surface area contributed by atoms with Crippen molar-refractivity contribution in [2.24, 2.45) is 0 Å². The van der Waals surface area contributed by atoms with Gasteiger partial charge in [0.15, 0.2) is 0 Å². The molecule has 0 spiro atoms. The van der Waals surface area contributed by atoms with E-state index in [0.717, 1.165) is 22.8 Å². The first-order valence-electron chi connectivity index (χ1n) is 9.69. The molecule has 7 heteroatoms. The van der Waals surface area contributed by atoms with Crippen LogP contribution in [0.4, 0.5) is 11.4 Å². The van der Waals surface area contributed by atoms with E-state index in [2.05, 4.69) is 16.8 Å². The zero-order valence-electron chi connectivity index (χ0n) is 16.6. The lowest BCUT2D eigenvalue weighted by molar-refractivity contribution is -0.117. The lowest BCUT2D eigenvalue weighted by atomic mass is 10.2. The van der Waals surface area contributed by atoms with Gasteiger partial charge in [0.2, 0.25) is 5.91 Å². The van der Waals surface area contributed by atoms with Gasteiger partial charge in [-0.1, -0.05) is 18.2 Å². The summed E-state index contributed by atoms with van der Waals surface area (Å²) in [5, 5.41) is 5.02. The Bertz CT molecular complexity index is 1050. The Morgan fingerprint density at radius 2 is 2.07 bits per heavy atom. The number of anilines is 2. The maximum absolute atomic E-state index is 13.0. The molecule has 0 unspecified atom stereocenters. The van der Waals surface area contributed by atoms with Gasteiger partial charge >= 0.3 is 0 Å². The maximum atomic E-state index is 13.0. The van der Waals surface area contributed by atoms with Gasteiger partial charge < -0.3 is 15.0 Å². The van der Waals surface area contributed by atoms with E-state index in [1.165, 1.54) is 4.88 Å². The van der Waals surface area contributed by atoms with Gasteiger partial charge in [0.25, 0.3) is 5.91 Å². The number of thiophene rings is 1. The first kappa shape index (κ1) is 20.5. The molecular weight excluding hydrogens is 416 g/mol. The second kappa shape index (κ2) is 9.36. The summed E-state index contributed by atoms with van der Waals surface area (Å²) in [7, 11) is 1.57. The van der Waals surface area contributed by atoms with E-state index in [0.29, 0.717) is 30.0 Å². The zero-order valence-corrected chi connectivity index (χ0v) is 18.2. The lowest BCUT2D eigenvalue weighted by Crippen LogP contribution is -2.24. The van der Waals surface area contributed by atoms with Crippen LogP contribution in [0.5, 0.6) is 5.75 Å². The number of methoxy groups -OCH3 is 1. The van der Waals surface area contributed by atoms with Gasteiger partial charge in [-0.15, -0.1) is 23.1 Å². The molecule has 2 amide bonds. The normalized spacial score (nSPS) is 13.5. The van der Waals surface area contributed by atoms with Crippen molar-refractivity contribution in [3.63, 3.8) is 0 Å². The van der Waals surface area contributed by atoms with Crippen LogP contribution in [0.1, 0.15) is 28.1 Å². The van der Waals surface area contributed by atoms with Crippen molar-refractivity contribution in [2.45, 2.75) is 23.5 Å². The van der Waals surface area contributed by atoms with Crippen molar-refractivity contribution >= 4 is 46.3 Å². The largest absolute Gasteiger partial charge is 0.494 e. The number of benzene rings is 2. The van der Waals surface area contributed by atoms with Crippen LogP contribution < -0.4 is 15.0 Å². The number of nitrogens with one attached hydrogen (secondary N) is 1. The second-order valence-corrected chi connectivity index (χ2v) is 8.90. The summed E-state index contributed by atoms with van der Waals surface area (Å²) in [6.07, 6.45) is 1.40. The Hall–Kier alpha value is -2.77. The molecule has 1 fully saturated rings. The molecule has 2 aromatic carbocycles. The zero-order chi connectivity index (χ0) is 20.9. The number of carbonyl (C=O) groups excluding carboxylic acids is 2. The van der Waals surface area contributed by atoms with Gasteiger partial charge in [-0.25, -0.2) is 0 Å². The monoisotopic (exact) mass is 438 g/mol. The van der Waals surface area contributed by atoms with E-state index < -0.39 is 0 Å². The topological polar surface area (TPSA) is 58.6 Å². The molecule has 5 nitrogen and oxygen atoms in total. The Morgan fingerprint density at radius 3 is 2.80 bits per heavy atom. The summed E-state index contributed by atoms with van der Waals surface area (Å²) in [4.78, 5) is 29.0. The van der Waals surface area contributed by atoms with E-state index in [-0.39, 0.29) is 11.8 Å². The molecule has 30 heavy (non-hydrogen) atoms. The van der Waals surface area contributed by atoms with Crippen molar-refractivity contribution in [1.29, 1.82) is 0 Å². The predicted molar refractivity (Wildman–Crippen MR) is 123 cm³/mol. The number of amides is 2. The minimum Gasteiger partial charge on any atom is -0.494 e. The van der Waals surface area contributed by atoms with Crippen LogP contribution in [0.15, 0.2) is 64.9 Å². The van der Waals surface area contributed by atoms with Gasteiger partial charge in [-0.3, -0.25) is 9.59 Å². The molecular formula is C23H22N2O3S2. The molecule has 154 valence electrons. The SMILES string of the molecule is COc1cc(NC(=O)c2ccccc2SCc2cccs2)ccc1N1CCCC1=O. The summed E-state index contributed by atoms with van der Waals surface area (Å²) in [5.41, 5.74) is 2.01. The molecule has 2 heterocycles. The van der Waals surface area contributed by atoms with E-state index in [1.807, 2.05) is 42.5 Å². The van der Waals surface area contributed by atoms with E-state index >= 15 is 0 Å². The van der Waals surface area contributed by atoms with Crippen LogP contribution in [0.2, 0.25) is 0 Å². The number of ether oxygens (including phenoxy) is 1. The van der Waals surface area contributed by atoms with Crippen LogP contribution in [0.25, 0.3) is 0 Å². The van der Waals surface area contributed by atoms with Crippen molar-refractivity contribution in [1.82, 2.24) is 0 Å². The molecule has 1 aliphatic heterocycles. The van der Waals surface area contributed by atoms with Crippen molar-refractivity contribution < 1.29 is 14.3 Å². The van der Waals surface area contributed by atoms with Crippen molar-refractivity contribution in [2.75, 3.05) is 23.9 Å². The van der Waals surface area contributed by atoms with Crippen LogP contribution in [-0.4, -0.2) is 25.5 Å². The molecule has 1 aliphatic rings. The lowest BCUT2D eigenvalue weighted by Gasteiger charge is -2.20. The van der Waals surface area contributed by atoms with Crippen molar-refractivity contribution in [3.05, 3.63) is 70.4 Å². The minimum absolute atomic E-state index is 0.0989. The molecule has 0 radical (unpaired) electrons. The van der Waals surface area contributed by atoms with Gasteiger partial charge in [0.05, 0.1) is 18.4 Å². The smallest absolute Gasteiger partial charge is 0.256 e. The summed E-state index contributed by atoms with van der Waals surface area (Å²) in [5.74, 6) is 1.33. The third kappa shape index (κ3) is 4.52. The van der Waals surface area contributed by atoms with Gasteiger partial charge in [-0.05, 0) is 42.1 Å². The molecule has 1 aromatic heterocycles. The maximum Gasteiger partial charge on any atom is 0.256 e. The summed E-state index contributed by atoms with van der Waals surface area (Å²) >= 11 is 3.36. The molecule has 1 saturated heterocycles. The number of nitrogens with zero attached hydrogens (tertiary/aromatic N) is 1. The fourth-order valence-corrected chi connectivity index (χ4v) is 5.23. The molecule has 0 bridgehead atoms. The third-order valence-corrected chi connectivity index (χ3v) is 7.06. The predicted octanol–water partition coefficient (Wildman–Crippen LogP) is 5.43. The van der Waals surface area contributed by atoms with Gasteiger partial charge in [0, 0.05) is 40.2 Å². The average molecular weight is 439 g/mol. The minimum atomic E-state index is -0.170. The highest BCUT2D eigenvalue weighted by molar-refractivity contribution is 7.98. The standard InChI is InChI=1S/C23H22N2O3S2/c1-28-20-14-16(10-11-19(20)25-12-4-9-22(25)26)24-23(27)18-7-2-3-8-21(18)30-15-17-6-5-13-29-17/h2-3,5-8,10-11,13-14H,4,9,12,15H2,1H3,(H,24,27). The van der Waals surface area contributed by atoms with E-state index in [1.54, 1.807) is 41.2 Å². The average Bonchev–Trinajstić information content (AvgIpc) is 3.44. The molecule has 0 aliphatic carbocycles. The quantitative estimate of drug-likeness (QED) is 0.500. The molecule has 3 aromatic rings. The van der Waals surface area contributed by atoms with Crippen LogP contribution in [0, 0.1) is 0 Å². The molecule has 4 rings (SSSR count). The van der Waals surface area contributed by atoms with E-state index in [4.69, 9.17) is 4.74 Å². The van der Waals surface area contributed by atoms with Crippen LogP contribution in [-0.2, 0) is 10.5 Å². The van der Waals surface area contributed by atoms with Crippen LogP contribution in [0.3, 0.4) is 0 Å². The fourth-order valence-electron chi connectivity index (χ4n) is 3.40. The Kier molecular flexibility index (Phi) is 6.40. The Balaban J connectivity index is 1.50. The number of carbonyl (C=O) groups is 2. The highest BCUT2D eigenvalue weighted by Crippen LogP contribution is 2.34. The first-order chi connectivity index (χ1) is 14.7. The highest BCUT2D eigenvalue weighted by Gasteiger charge is 2.24. The van der Waals surface area contributed by atoms with Gasteiger partial charge in [0.1, 0.15) is 5.75 Å². The van der Waals surface area contributed by atoms with Gasteiger partial charge in [-0.2, -0.15) is 0 Å². The summed E-state index contributed by atoms with van der Waals surface area (Å²) in [6, 6.07) is 17.1. The highest BCUT2D eigenvalue weighted by atomic mass is 32.2. The number of hydrogen-bond acceptors (Lipinski definition) is 5. The number of thioether (sulfide) groups is 1. The molecule has 0 atom stereocenters. The molecule has 0 saturated carbocycles. The van der Waals surface area contributed by atoms with Crippen molar-refractivity contribution in [3.8, 4) is 5.75 Å². The fraction of sp³-hybridized carbons (Fsp3) is 0.217. The summed E-state index contributed by atoms with van der Waals surface area (Å²) in [6.45, 7) is 0.690. The third-order valence-electron chi connectivity index (χ3n) is 4.88. The van der Waals surface area contributed by atoms with Crippen LogP contribution >= 0.6 is 23.1 Å². The first-order valence-corrected chi connectivity index (χ1v) is 11.6. The summed E-state index contributed by atoms with van der Waals surface area (Å²) < 4.78 is 5.49. The molecule has 1 N–H and O–H groups in total. The number of hydrogen-bond donors (Lipinski definition) is 1.